The lowest BCUT2D eigenvalue weighted by Gasteiger charge is -2.18. The highest BCUT2D eigenvalue weighted by Crippen LogP contribution is 2.07. The Hall–Kier alpha value is -0.850. The maximum absolute atomic E-state index is 11.9. The zero-order valence-electron chi connectivity index (χ0n) is 10.9. The van der Waals surface area contributed by atoms with Gasteiger partial charge >= 0.3 is 0 Å². The second-order valence-electron chi connectivity index (χ2n) is 4.60. The smallest absolute Gasteiger partial charge is 0.262 e. The molecule has 1 aromatic rings. The molecule has 0 aliphatic carbocycles. The summed E-state index contributed by atoms with van der Waals surface area (Å²) in [6.07, 6.45) is 2.22. The van der Waals surface area contributed by atoms with Crippen molar-refractivity contribution in [2.45, 2.75) is 26.3 Å². The number of carbonyl (C=O) groups is 1. The van der Waals surface area contributed by atoms with Gasteiger partial charge in [-0.15, -0.1) is 12.4 Å². The molecule has 0 aliphatic rings. The molecule has 1 heterocycles. The normalized spacial score (nSPS) is 11.8. The minimum absolute atomic E-state index is 0. The first-order valence-electron chi connectivity index (χ1n) is 5.83. The van der Waals surface area contributed by atoms with Crippen molar-refractivity contribution in [3.05, 3.63) is 32.7 Å². The second-order valence-corrected chi connectivity index (χ2v) is 5.46. The molecule has 1 atom stereocenters. The van der Waals surface area contributed by atoms with Gasteiger partial charge in [-0.25, -0.2) is 0 Å². The number of nitrogens with two attached hydrogens (primary N) is 1. The van der Waals surface area contributed by atoms with Crippen LogP contribution in [0.4, 0.5) is 0 Å². The number of pyridine rings is 1. The lowest BCUT2D eigenvalue weighted by Crippen LogP contribution is -2.41. The highest BCUT2D eigenvalue weighted by molar-refractivity contribution is 9.10. The van der Waals surface area contributed by atoms with Gasteiger partial charge in [0.15, 0.2) is 0 Å². The number of aromatic amines is 1. The molecule has 1 rings (SSSR count). The van der Waals surface area contributed by atoms with Gasteiger partial charge in [0.05, 0.1) is 10.0 Å². The van der Waals surface area contributed by atoms with Crippen molar-refractivity contribution >= 4 is 34.2 Å². The van der Waals surface area contributed by atoms with Crippen molar-refractivity contribution in [2.75, 3.05) is 6.54 Å². The van der Waals surface area contributed by atoms with Crippen LogP contribution in [-0.2, 0) is 0 Å². The summed E-state index contributed by atoms with van der Waals surface area (Å²) in [4.78, 5) is 25.6. The number of hydrogen-bond donors (Lipinski definition) is 3. The first kappa shape index (κ1) is 18.1. The van der Waals surface area contributed by atoms with Crippen LogP contribution in [-0.4, -0.2) is 23.5 Å². The Labute approximate surface area is 126 Å². The Morgan fingerprint density at radius 2 is 2.16 bits per heavy atom. The van der Waals surface area contributed by atoms with Crippen LogP contribution in [0.2, 0.25) is 0 Å². The van der Waals surface area contributed by atoms with Gasteiger partial charge in [0.1, 0.15) is 0 Å². The van der Waals surface area contributed by atoms with E-state index in [-0.39, 0.29) is 29.9 Å². The third-order valence-corrected chi connectivity index (χ3v) is 3.08. The van der Waals surface area contributed by atoms with E-state index in [9.17, 15) is 9.59 Å². The summed E-state index contributed by atoms with van der Waals surface area (Å²) in [5, 5.41) is 2.85. The van der Waals surface area contributed by atoms with Crippen molar-refractivity contribution in [3.63, 3.8) is 0 Å². The minimum atomic E-state index is -0.260. The highest BCUT2D eigenvalue weighted by atomic mass is 79.9. The van der Waals surface area contributed by atoms with Crippen molar-refractivity contribution < 1.29 is 4.79 Å². The van der Waals surface area contributed by atoms with Crippen LogP contribution in [0.3, 0.4) is 0 Å². The van der Waals surface area contributed by atoms with Crippen molar-refractivity contribution in [2.24, 2.45) is 11.7 Å². The van der Waals surface area contributed by atoms with E-state index in [2.05, 4.69) is 40.1 Å². The van der Waals surface area contributed by atoms with Crippen LogP contribution in [0.1, 0.15) is 30.6 Å². The fourth-order valence-corrected chi connectivity index (χ4v) is 2.00. The zero-order valence-corrected chi connectivity index (χ0v) is 13.3. The van der Waals surface area contributed by atoms with E-state index in [0.717, 1.165) is 6.42 Å². The lowest BCUT2D eigenvalue weighted by atomic mass is 10.0. The zero-order chi connectivity index (χ0) is 13.7. The summed E-state index contributed by atoms with van der Waals surface area (Å²) in [6.45, 7) is 4.55. The maximum atomic E-state index is 11.9. The van der Waals surface area contributed by atoms with Gasteiger partial charge in [0.25, 0.3) is 11.5 Å². The Morgan fingerprint density at radius 3 is 2.63 bits per heavy atom. The standard InChI is InChI=1S/C12H18BrN3O2.ClH/c1-7(2)3-9(5-14)16-11(17)8-4-10(13)12(18)15-6-8;/h4,6-7,9H,3,5,14H2,1-2H3,(H,15,18)(H,16,17);1H. The third-order valence-electron chi connectivity index (χ3n) is 2.50. The van der Waals surface area contributed by atoms with E-state index in [1.807, 2.05) is 0 Å². The highest BCUT2D eigenvalue weighted by Gasteiger charge is 2.14. The summed E-state index contributed by atoms with van der Waals surface area (Å²) in [5.74, 6) is 0.226. The molecule has 4 N–H and O–H groups in total. The van der Waals surface area contributed by atoms with Crippen molar-refractivity contribution in [1.29, 1.82) is 0 Å². The van der Waals surface area contributed by atoms with E-state index in [1.54, 1.807) is 0 Å². The molecule has 5 nitrogen and oxygen atoms in total. The Morgan fingerprint density at radius 1 is 1.53 bits per heavy atom. The fraction of sp³-hybridized carbons (Fsp3) is 0.500. The quantitative estimate of drug-likeness (QED) is 0.753. The molecule has 7 heteroatoms. The summed E-state index contributed by atoms with van der Waals surface area (Å²) in [7, 11) is 0. The van der Waals surface area contributed by atoms with Gasteiger partial charge in [-0.05, 0) is 34.3 Å². The van der Waals surface area contributed by atoms with E-state index >= 15 is 0 Å². The molecule has 0 saturated carbocycles. The molecule has 19 heavy (non-hydrogen) atoms. The molecule has 0 fully saturated rings. The summed E-state index contributed by atoms with van der Waals surface area (Å²) in [5.41, 5.74) is 5.77. The molecular formula is C12H19BrClN3O2. The number of rotatable bonds is 5. The molecule has 0 radical (unpaired) electrons. The lowest BCUT2D eigenvalue weighted by molar-refractivity contribution is 0.0933. The topological polar surface area (TPSA) is 88.0 Å². The van der Waals surface area contributed by atoms with Gasteiger partial charge < -0.3 is 16.0 Å². The van der Waals surface area contributed by atoms with Gasteiger partial charge in [-0.2, -0.15) is 0 Å². The first-order chi connectivity index (χ1) is 8.43. The summed E-state index contributed by atoms with van der Waals surface area (Å²) in [6, 6.07) is 1.44. The summed E-state index contributed by atoms with van der Waals surface area (Å²) < 4.78 is 0.336. The number of amides is 1. The second kappa shape index (κ2) is 8.35. The third kappa shape index (κ3) is 5.76. The molecule has 1 amide bonds. The van der Waals surface area contributed by atoms with Gasteiger partial charge in [0, 0.05) is 18.8 Å². The minimum Gasteiger partial charge on any atom is -0.348 e. The van der Waals surface area contributed by atoms with Crippen LogP contribution in [0.5, 0.6) is 0 Å². The number of carbonyl (C=O) groups excluding carboxylic acids is 1. The maximum Gasteiger partial charge on any atom is 0.262 e. The molecule has 0 aliphatic heterocycles. The van der Waals surface area contributed by atoms with E-state index in [4.69, 9.17) is 5.73 Å². The predicted molar refractivity (Wildman–Crippen MR) is 81.8 cm³/mol. The molecule has 0 bridgehead atoms. The monoisotopic (exact) mass is 351 g/mol. The molecular weight excluding hydrogens is 334 g/mol. The average molecular weight is 353 g/mol. The molecule has 1 unspecified atom stereocenters. The van der Waals surface area contributed by atoms with Crippen molar-refractivity contribution in [1.82, 2.24) is 10.3 Å². The molecule has 1 aromatic heterocycles. The van der Waals surface area contributed by atoms with E-state index in [0.29, 0.717) is 22.5 Å². The van der Waals surface area contributed by atoms with Crippen LogP contribution in [0.15, 0.2) is 21.5 Å². The van der Waals surface area contributed by atoms with Gasteiger partial charge in [0.2, 0.25) is 0 Å². The van der Waals surface area contributed by atoms with Gasteiger partial charge in [-0.1, -0.05) is 13.8 Å². The van der Waals surface area contributed by atoms with Crippen LogP contribution in [0.25, 0.3) is 0 Å². The number of aromatic nitrogens is 1. The van der Waals surface area contributed by atoms with E-state index in [1.165, 1.54) is 12.3 Å². The molecule has 0 saturated heterocycles. The Bertz CT molecular complexity index is 476. The van der Waals surface area contributed by atoms with Crippen LogP contribution in [0, 0.1) is 5.92 Å². The predicted octanol–water partition coefficient (Wildman–Crippen LogP) is 1.66. The van der Waals surface area contributed by atoms with Gasteiger partial charge in [-0.3, -0.25) is 9.59 Å². The SMILES string of the molecule is CC(C)CC(CN)NC(=O)c1c[nH]c(=O)c(Br)c1.Cl. The number of nitrogens with one attached hydrogen (secondary N) is 2. The molecule has 0 spiro atoms. The van der Waals surface area contributed by atoms with Crippen LogP contribution >= 0.6 is 28.3 Å². The Balaban J connectivity index is 0.00000324. The molecule has 0 aromatic carbocycles. The number of halogens is 2. The number of H-pyrrole nitrogens is 1. The van der Waals surface area contributed by atoms with Crippen molar-refractivity contribution in [3.8, 4) is 0 Å². The summed E-state index contributed by atoms with van der Waals surface area (Å²) >= 11 is 3.09. The van der Waals surface area contributed by atoms with Crippen LogP contribution < -0.4 is 16.6 Å². The largest absolute Gasteiger partial charge is 0.348 e. The van der Waals surface area contributed by atoms with E-state index < -0.39 is 0 Å². The first-order valence-corrected chi connectivity index (χ1v) is 6.62. The average Bonchev–Trinajstić information content (AvgIpc) is 2.31. The Kier molecular flexibility index (Phi) is 7.97. The molecule has 108 valence electrons. The fourth-order valence-electron chi connectivity index (χ4n) is 1.64. The number of hydrogen-bond acceptors (Lipinski definition) is 3.